The van der Waals surface area contributed by atoms with E-state index in [1.165, 1.54) is 128 Å². The van der Waals surface area contributed by atoms with Gasteiger partial charge in [0.05, 0.1) is 0 Å². The number of hydrogen-bond acceptors (Lipinski definition) is 6. The summed E-state index contributed by atoms with van der Waals surface area (Å²) in [5.74, 6) is -0.957. The minimum absolute atomic E-state index is 0.105. The average Bonchev–Trinajstić information content (AvgIpc) is 3.49. The van der Waals surface area contributed by atoms with Gasteiger partial charge in [0, 0.05) is 19.3 Å². The Bertz CT molecular complexity index is 1800. The molecule has 1 atom stereocenters. The molecule has 6 nitrogen and oxygen atoms in total. The third-order valence-electron chi connectivity index (χ3n) is 14.3. The Morgan fingerprint density at radius 3 is 0.771 bits per heavy atom. The number of allylic oxidation sites excluding steroid dienone is 24. The Balaban J connectivity index is 4.50. The highest BCUT2D eigenvalue weighted by molar-refractivity contribution is 5.71. The zero-order valence-electron chi connectivity index (χ0n) is 53.9. The predicted octanol–water partition coefficient (Wildman–Crippen LogP) is 23.9. The van der Waals surface area contributed by atoms with Crippen molar-refractivity contribution in [3.8, 4) is 0 Å². The lowest BCUT2D eigenvalue weighted by Gasteiger charge is -2.18. The minimum atomic E-state index is -0.816. The Morgan fingerprint density at radius 2 is 0.470 bits per heavy atom. The van der Waals surface area contributed by atoms with Gasteiger partial charge in [0.2, 0.25) is 0 Å². The number of esters is 3. The van der Waals surface area contributed by atoms with Crippen LogP contribution in [-0.2, 0) is 28.6 Å². The van der Waals surface area contributed by atoms with Crippen LogP contribution in [0.1, 0.15) is 303 Å². The van der Waals surface area contributed by atoms with E-state index in [4.69, 9.17) is 14.2 Å². The molecule has 0 aliphatic carbocycles. The fourth-order valence-corrected chi connectivity index (χ4v) is 9.23. The Morgan fingerprint density at radius 1 is 0.253 bits per heavy atom. The summed E-state index contributed by atoms with van der Waals surface area (Å²) in [6, 6.07) is 0. The minimum Gasteiger partial charge on any atom is -0.462 e. The second-order valence-corrected chi connectivity index (χ2v) is 22.3. The fraction of sp³-hybridized carbons (Fsp3) is 0.649. The molecule has 0 N–H and O–H groups in total. The van der Waals surface area contributed by atoms with Crippen molar-refractivity contribution in [1.82, 2.24) is 0 Å². The zero-order chi connectivity index (χ0) is 59.9. The summed E-state index contributed by atoms with van der Waals surface area (Å²) in [5, 5.41) is 0. The van der Waals surface area contributed by atoms with Crippen molar-refractivity contribution < 1.29 is 28.6 Å². The molecular weight excluding hydrogens is 1020 g/mol. The fourth-order valence-electron chi connectivity index (χ4n) is 9.23. The predicted molar refractivity (Wildman–Crippen MR) is 362 cm³/mol. The molecule has 0 saturated carbocycles. The smallest absolute Gasteiger partial charge is 0.306 e. The molecular formula is C77H126O6. The molecule has 0 heterocycles. The number of carbonyl (C=O) groups excluding carboxylic acids is 3. The number of ether oxygens (including phenoxy) is 3. The molecule has 0 aromatic rings. The SMILES string of the molecule is CC/C=C\C/C=C\C/C=C\C/C=C\C/C=C\C/C=C\CCCCC(=O)OC(COC(=O)CCCCCCCCC/C=C\C/C=C\C/C=C\C/C=C\C/C=C\CC)COC(=O)CCCCCCCCCCC/C=C\CCCCCCCCCC. The molecule has 0 spiro atoms. The second-order valence-electron chi connectivity index (χ2n) is 22.3. The first-order valence-electron chi connectivity index (χ1n) is 34.3. The van der Waals surface area contributed by atoms with Crippen molar-refractivity contribution >= 4 is 17.9 Å². The van der Waals surface area contributed by atoms with Crippen LogP contribution < -0.4 is 0 Å². The molecule has 6 heteroatoms. The molecule has 83 heavy (non-hydrogen) atoms. The highest BCUT2D eigenvalue weighted by atomic mass is 16.6. The second kappa shape index (κ2) is 69.8. The number of carbonyl (C=O) groups is 3. The van der Waals surface area contributed by atoms with Gasteiger partial charge in [0.25, 0.3) is 0 Å². The van der Waals surface area contributed by atoms with Crippen LogP contribution in [0.3, 0.4) is 0 Å². The number of hydrogen-bond donors (Lipinski definition) is 0. The maximum Gasteiger partial charge on any atom is 0.306 e. The van der Waals surface area contributed by atoms with Crippen LogP contribution in [0.4, 0.5) is 0 Å². The van der Waals surface area contributed by atoms with Crippen LogP contribution in [0.25, 0.3) is 0 Å². The summed E-state index contributed by atoms with van der Waals surface area (Å²) in [5.41, 5.74) is 0. The molecule has 0 bridgehead atoms. The van der Waals surface area contributed by atoms with Gasteiger partial charge in [-0.15, -0.1) is 0 Å². The maximum atomic E-state index is 12.9. The van der Waals surface area contributed by atoms with E-state index in [2.05, 4.69) is 167 Å². The molecule has 0 rings (SSSR count). The van der Waals surface area contributed by atoms with Crippen LogP contribution in [0.5, 0.6) is 0 Å². The van der Waals surface area contributed by atoms with E-state index in [1.54, 1.807) is 0 Å². The van der Waals surface area contributed by atoms with Gasteiger partial charge in [-0.25, -0.2) is 0 Å². The molecule has 0 aliphatic rings. The van der Waals surface area contributed by atoms with Crippen molar-refractivity contribution in [1.29, 1.82) is 0 Å². The van der Waals surface area contributed by atoms with Gasteiger partial charge in [-0.1, -0.05) is 289 Å². The first-order chi connectivity index (χ1) is 41.0. The molecule has 470 valence electrons. The molecule has 1 unspecified atom stereocenters. The summed E-state index contributed by atoms with van der Waals surface area (Å²) < 4.78 is 16.9. The van der Waals surface area contributed by atoms with Crippen LogP contribution in [0.2, 0.25) is 0 Å². The topological polar surface area (TPSA) is 78.9 Å². The maximum absolute atomic E-state index is 12.9. The lowest BCUT2D eigenvalue weighted by atomic mass is 10.1. The highest BCUT2D eigenvalue weighted by Gasteiger charge is 2.19. The van der Waals surface area contributed by atoms with Crippen molar-refractivity contribution in [3.63, 3.8) is 0 Å². The van der Waals surface area contributed by atoms with Crippen molar-refractivity contribution in [2.75, 3.05) is 13.2 Å². The van der Waals surface area contributed by atoms with Gasteiger partial charge in [-0.3, -0.25) is 14.4 Å². The lowest BCUT2D eigenvalue weighted by molar-refractivity contribution is -0.167. The van der Waals surface area contributed by atoms with E-state index >= 15 is 0 Å². The summed E-state index contributed by atoms with van der Waals surface area (Å²) in [6.45, 7) is 6.39. The molecule has 0 aliphatic heterocycles. The van der Waals surface area contributed by atoms with E-state index in [9.17, 15) is 14.4 Å². The molecule has 0 aromatic carbocycles. The summed E-state index contributed by atoms with van der Waals surface area (Å²) >= 11 is 0. The van der Waals surface area contributed by atoms with Crippen LogP contribution in [-0.4, -0.2) is 37.2 Å². The van der Waals surface area contributed by atoms with Crippen molar-refractivity contribution in [2.24, 2.45) is 0 Å². The molecule has 0 fully saturated rings. The van der Waals surface area contributed by atoms with Crippen LogP contribution >= 0.6 is 0 Å². The largest absolute Gasteiger partial charge is 0.462 e. The number of rotatable bonds is 61. The third kappa shape index (κ3) is 68.0. The van der Waals surface area contributed by atoms with Gasteiger partial charge in [0.15, 0.2) is 6.10 Å². The quantitative estimate of drug-likeness (QED) is 0.0261. The van der Waals surface area contributed by atoms with E-state index in [0.717, 1.165) is 128 Å². The average molecular weight is 1150 g/mol. The van der Waals surface area contributed by atoms with E-state index in [1.807, 2.05) is 0 Å². The first-order valence-corrected chi connectivity index (χ1v) is 34.3. The number of unbranched alkanes of at least 4 members (excludes halogenated alkanes) is 26. The normalized spacial score (nSPS) is 13.0. The monoisotopic (exact) mass is 1150 g/mol. The van der Waals surface area contributed by atoms with Crippen LogP contribution in [0, 0.1) is 0 Å². The summed E-state index contributed by atoms with van der Waals surface area (Å²) in [6.07, 6.45) is 100.0. The molecule has 0 saturated heterocycles. The highest BCUT2D eigenvalue weighted by Crippen LogP contribution is 2.15. The van der Waals surface area contributed by atoms with E-state index < -0.39 is 6.10 Å². The molecule has 0 radical (unpaired) electrons. The van der Waals surface area contributed by atoms with Gasteiger partial charge < -0.3 is 14.2 Å². The zero-order valence-corrected chi connectivity index (χ0v) is 53.9. The van der Waals surface area contributed by atoms with Gasteiger partial charge in [-0.05, 0) is 141 Å². The van der Waals surface area contributed by atoms with E-state index in [-0.39, 0.29) is 37.5 Å². The van der Waals surface area contributed by atoms with Crippen molar-refractivity contribution in [3.05, 3.63) is 146 Å². The van der Waals surface area contributed by atoms with Gasteiger partial charge in [-0.2, -0.15) is 0 Å². The van der Waals surface area contributed by atoms with Gasteiger partial charge in [0.1, 0.15) is 13.2 Å². The Hall–Kier alpha value is -4.71. The summed E-state index contributed by atoms with van der Waals surface area (Å²) in [4.78, 5) is 38.5. The van der Waals surface area contributed by atoms with Crippen LogP contribution in [0.15, 0.2) is 146 Å². The molecule has 0 aromatic heterocycles. The first kappa shape index (κ1) is 78.3. The Labute approximate surface area is 512 Å². The summed E-state index contributed by atoms with van der Waals surface area (Å²) in [7, 11) is 0. The van der Waals surface area contributed by atoms with Gasteiger partial charge >= 0.3 is 17.9 Å². The lowest BCUT2D eigenvalue weighted by Crippen LogP contribution is -2.30. The molecule has 0 amide bonds. The standard InChI is InChI=1S/C77H126O6/c1-4-7-10-13-16-19-22-25-28-31-34-37-38-41-43-46-49-52-55-58-61-64-67-70-76(79)82-73-74(83-77(80)71-68-65-62-59-56-53-50-47-44-40-36-33-30-27-24-21-18-15-12-9-6-3)72-81-75(78)69-66-63-60-57-54-51-48-45-42-39-35-32-29-26-23-20-17-14-11-8-5-2/h7,9-10,12,16,18-19,21,25,27-28,30,32,34-37,40-41,43,47,50,56,59,74H,4-6,8,11,13-15,17,20,22-24,26,29,31,33,38-39,42,44-46,48-49,51-55,57-58,60-73H2,1-3H3/b10-7-,12-9-,19-16-,21-18-,28-25-,30-27-,35-32-,37-34-,40-36-,43-41-,50-47-,59-56-. The third-order valence-corrected chi connectivity index (χ3v) is 14.3. The van der Waals surface area contributed by atoms with E-state index in [0.29, 0.717) is 19.3 Å². The van der Waals surface area contributed by atoms with Crippen molar-refractivity contribution in [2.45, 2.75) is 309 Å². The Kier molecular flexibility index (Phi) is 65.8.